The topological polar surface area (TPSA) is 58.6 Å². The predicted molar refractivity (Wildman–Crippen MR) is 143 cm³/mol. The number of benzene rings is 3. The normalized spacial score (nSPS) is 12.5. The quantitative estimate of drug-likeness (QED) is 0.307. The van der Waals surface area contributed by atoms with Gasteiger partial charge in [0.05, 0.1) is 0 Å². The first-order valence-corrected chi connectivity index (χ1v) is 12.7. The second-order valence-electron chi connectivity index (χ2n) is 8.41. The highest BCUT2D eigenvalue weighted by atomic mass is 127. The van der Waals surface area contributed by atoms with Gasteiger partial charge in [0.15, 0.2) is 6.61 Å². The number of halogens is 2. The molecule has 0 spiro atoms. The van der Waals surface area contributed by atoms with Gasteiger partial charge in [0.2, 0.25) is 5.91 Å². The molecule has 0 heterocycles. The Balaban J connectivity index is 1.89. The number of hydrogen-bond donors (Lipinski definition) is 1. The molecule has 0 aliphatic rings. The lowest BCUT2D eigenvalue weighted by molar-refractivity contribution is -0.143. The third-order valence-electron chi connectivity index (χ3n) is 5.71. The van der Waals surface area contributed by atoms with Crippen LogP contribution in [0, 0.1) is 9.39 Å². The van der Waals surface area contributed by atoms with Crippen molar-refractivity contribution >= 4 is 34.4 Å². The molecule has 7 heteroatoms. The number of amides is 2. The van der Waals surface area contributed by atoms with E-state index in [4.69, 9.17) is 4.74 Å². The molecular weight excluding hydrogens is 558 g/mol. The largest absolute Gasteiger partial charge is 0.484 e. The molecule has 2 atom stereocenters. The third kappa shape index (κ3) is 8.35. The van der Waals surface area contributed by atoms with E-state index < -0.39 is 6.04 Å². The van der Waals surface area contributed by atoms with Crippen molar-refractivity contribution in [3.63, 3.8) is 0 Å². The van der Waals surface area contributed by atoms with Crippen LogP contribution >= 0.6 is 22.6 Å². The van der Waals surface area contributed by atoms with E-state index in [1.807, 2.05) is 56.3 Å². The summed E-state index contributed by atoms with van der Waals surface area (Å²) in [5.74, 6) is -0.339. The van der Waals surface area contributed by atoms with E-state index in [1.165, 1.54) is 17.0 Å². The minimum absolute atomic E-state index is 0.0356. The lowest BCUT2D eigenvalue weighted by atomic mass is 10.0. The highest BCUT2D eigenvalue weighted by Gasteiger charge is 2.31. The Kier molecular flexibility index (Phi) is 10.1. The van der Waals surface area contributed by atoms with Gasteiger partial charge in [-0.2, -0.15) is 0 Å². The van der Waals surface area contributed by atoms with Crippen LogP contribution in [0.25, 0.3) is 0 Å². The van der Waals surface area contributed by atoms with Crippen LogP contribution in [-0.4, -0.2) is 35.4 Å². The minimum Gasteiger partial charge on any atom is -0.484 e. The maximum atomic E-state index is 13.5. The maximum absolute atomic E-state index is 13.5. The van der Waals surface area contributed by atoms with Crippen molar-refractivity contribution in [3.05, 3.63) is 99.4 Å². The second kappa shape index (κ2) is 13.2. The first-order valence-electron chi connectivity index (χ1n) is 11.6. The number of nitrogens with zero attached hydrogens (tertiary/aromatic N) is 1. The first kappa shape index (κ1) is 26.7. The summed E-state index contributed by atoms with van der Waals surface area (Å²) in [6.07, 6.45) is 1.12. The SMILES string of the molecule is CC[C@@H](C)NC(=O)[C@H](Cc1ccccc1)N(Cc1ccc(F)cc1)C(=O)COc1ccc(I)cc1. The molecule has 0 unspecified atom stereocenters. The van der Waals surface area contributed by atoms with Crippen molar-refractivity contribution in [1.29, 1.82) is 0 Å². The molecule has 0 aromatic heterocycles. The molecule has 0 fully saturated rings. The van der Waals surface area contributed by atoms with Crippen molar-refractivity contribution in [2.24, 2.45) is 0 Å². The number of rotatable bonds is 11. The van der Waals surface area contributed by atoms with Gasteiger partial charge >= 0.3 is 0 Å². The summed E-state index contributed by atoms with van der Waals surface area (Å²) in [6.45, 7) is 3.86. The van der Waals surface area contributed by atoms with Crippen molar-refractivity contribution < 1.29 is 18.7 Å². The fraction of sp³-hybridized carbons (Fsp3) is 0.286. The summed E-state index contributed by atoms with van der Waals surface area (Å²) < 4.78 is 20.3. The highest BCUT2D eigenvalue weighted by molar-refractivity contribution is 14.1. The molecule has 0 aliphatic heterocycles. The zero-order valence-corrected chi connectivity index (χ0v) is 22.1. The fourth-order valence-electron chi connectivity index (χ4n) is 3.54. The summed E-state index contributed by atoms with van der Waals surface area (Å²) >= 11 is 2.20. The van der Waals surface area contributed by atoms with E-state index in [0.29, 0.717) is 12.2 Å². The molecule has 35 heavy (non-hydrogen) atoms. The Morgan fingerprint density at radius 3 is 2.26 bits per heavy atom. The van der Waals surface area contributed by atoms with Crippen molar-refractivity contribution in [2.75, 3.05) is 6.61 Å². The molecule has 0 radical (unpaired) electrons. The van der Waals surface area contributed by atoms with Gasteiger partial charge in [-0.25, -0.2) is 4.39 Å². The van der Waals surface area contributed by atoms with Gasteiger partial charge in [-0.1, -0.05) is 49.4 Å². The Morgan fingerprint density at radius 1 is 0.971 bits per heavy atom. The van der Waals surface area contributed by atoms with Crippen LogP contribution in [0.1, 0.15) is 31.4 Å². The molecule has 5 nitrogen and oxygen atoms in total. The zero-order chi connectivity index (χ0) is 25.2. The molecule has 0 aliphatic carbocycles. The smallest absolute Gasteiger partial charge is 0.261 e. The Morgan fingerprint density at radius 2 is 1.63 bits per heavy atom. The van der Waals surface area contributed by atoms with Crippen LogP contribution < -0.4 is 10.1 Å². The molecule has 0 bridgehead atoms. The predicted octanol–water partition coefficient (Wildman–Crippen LogP) is 5.36. The molecule has 1 N–H and O–H groups in total. The molecular formula is C28H30FIN2O3. The molecule has 3 rings (SSSR count). The minimum atomic E-state index is -0.760. The van der Waals surface area contributed by atoms with Crippen LogP contribution in [0.4, 0.5) is 4.39 Å². The number of carbonyl (C=O) groups is 2. The lowest BCUT2D eigenvalue weighted by Gasteiger charge is -2.32. The fourth-order valence-corrected chi connectivity index (χ4v) is 3.90. The molecule has 0 saturated carbocycles. The van der Waals surface area contributed by atoms with Gasteiger partial charge in [0.25, 0.3) is 5.91 Å². The molecule has 184 valence electrons. The Bertz CT molecular complexity index is 1090. The van der Waals surface area contributed by atoms with Crippen LogP contribution in [0.5, 0.6) is 5.75 Å². The van der Waals surface area contributed by atoms with E-state index in [-0.39, 0.29) is 36.8 Å². The standard InChI is InChI=1S/C28H30FIN2O3/c1-3-20(2)31-28(34)26(17-21-7-5-4-6-8-21)32(18-22-9-11-23(29)12-10-22)27(33)19-35-25-15-13-24(30)14-16-25/h4-16,20,26H,3,17-19H2,1-2H3,(H,31,34)/t20-,26+/m1/s1. The zero-order valence-electron chi connectivity index (χ0n) is 19.9. The van der Waals surface area contributed by atoms with Gasteiger partial charge in [-0.3, -0.25) is 9.59 Å². The maximum Gasteiger partial charge on any atom is 0.261 e. The van der Waals surface area contributed by atoms with Crippen molar-refractivity contribution in [1.82, 2.24) is 10.2 Å². The van der Waals surface area contributed by atoms with E-state index in [1.54, 1.807) is 24.3 Å². The van der Waals surface area contributed by atoms with Crippen LogP contribution in [0.3, 0.4) is 0 Å². The van der Waals surface area contributed by atoms with Crippen LogP contribution in [0.2, 0.25) is 0 Å². The third-order valence-corrected chi connectivity index (χ3v) is 6.43. The Labute approximate surface area is 219 Å². The molecule has 2 amide bonds. The van der Waals surface area contributed by atoms with Crippen molar-refractivity contribution in [2.45, 2.75) is 45.3 Å². The summed E-state index contributed by atoms with van der Waals surface area (Å²) in [7, 11) is 0. The number of nitrogens with one attached hydrogen (secondary N) is 1. The van der Waals surface area contributed by atoms with Gasteiger partial charge in [0.1, 0.15) is 17.6 Å². The van der Waals surface area contributed by atoms with E-state index in [9.17, 15) is 14.0 Å². The summed E-state index contributed by atoms with van der Waals surface area (Å²) in [5, 5.41) is 3.03. The summed E-state index contributed by atoms with van der Waals surface area (Å²) in [4.78, 5) is 28.4. The van der Waals surface area contributed by atoms with Crippen LogP contribution in [0.15, 0.2) is 78.9 Å². The number of ether oxygens (including phenoxy) is 1. The highest BCUT2D eigenvalue weighted by Crippen LogP contribution is 2.18. The molecule has 3 aromatic rings. The van der Waals surface area contributed by atoms with E-state index in [0.717, 1.165) is 21.1 Å². The molecule has 0 saturated heterocycles. The van der Waals surface area contributed by atoms with Gasteiger partial charge in [0, 0.05) is 22.6 Å². The van der Waals surface area contributed by atoms with Crippen LogP contribution in [-0.2, 0) is 22.6 Å². The van der Waals surface area contributed by atoms with Gasteiger partial charge in [-0.15, -0.1) is 0 Å². The monoisotopic (exact) mass is 588 g/mol. The number of hydrogen-bond acceptors (Lipinski definition) is 3. The lowest BCUT2D eigenvalue weighted by Crippen LogP contribution is -2.53. The molecule has 3 aromatic carbocycles. The van der Waals surface area contributed by atoms with Crippen molar-refractivity contribution in [3.8, 4) is 5.75 Å². The first-order chi connectivity index (χ1) is 16.9. The van der Waals surface area contributed by atoms with E-state index >= 15 is 0 Å². The average molecular weight is 588 g/mol. The summed E-state index contributed by atoms with van der Waals surface area (Å²) in [6, 6.07) is 22.2. The van der Waals surface area contributed by atoms with Gasteiger partial charge in [-0.05, 0) is 83.5 Å². The Hall–Kier alpha value is -2.94. The van der Waals surface area contributed by atoms with E-state index in [2.05, 4.69) is 27.9 Å². The van der Waals surface area contributed by atoms with Gasteiger partial charge < -0.3 is 15.0 Å². The average Bonchev–Trinajstić information content (AvgIpc) is 2.87. The number of carbonyl (C=O) groups excluding carboxylic acids is 2. The summed E-state index contributed by atoms with van der Waals surface area (Å²) in [5.41, 5.74) is 1.66. The second-order valence-corrected chi connectivity index (χ2v) is 9.66.